The zero-order valence-corrected chi connectivity index (χ0v) is 16.9. The number of aromatic nitrogens is 1. The molecule has 6 nitrogen and oxygen atoms in total. The van der Waals surface area contributed by atoms with Crippen LogP contribution >= 0.6 is 0 Å². The van der Waals surface area contributed by atoms with Crippen LogP contribution in [0.3, 0.4) is 0 Å². The topological polar surface area (TPSA) is 79.7 Å². The maximum Gasteiger partial charge on any atom is 0.336 e. The first kappa shape index (κ1) is 18.9. The number of piperidine rings is 1. The van der Waals surface area contributed by atoms with Crippen LogP contribution in [0.2, 0.25) is 0 Å². The van der Waals surface area contributed by atoms with Crippen LogP contribution in [0.1, 0.15) is 42.7 Å². The van der Waals surface area contributed by atoms with Crippen LogP contribution in [0.25, 0.3) is 22.1 Å². The highest BCUT2D eigenvalue weighted by atomic mass is 16.4. The minimum absolute atomic E-state index is 0.171. The summed E-state index contributed by atoms with van der Waals surface area (Å²) in [5.41, 5.74) is 3.60. The number of phenols is 1. The van der Waals surface area contributed by atoms with Crippen LogP contribution in [0.4, 0.5) is 0 Å². The third-order valence-corrected chi connectivity index (χ3v) is 6.05. The van der Waals surface area contributed by atoms with E-state index in [0.717, 1.165) is 65.9 Å². The second-order valence-electron chi connectivity index (χ2n) is 7.99. The van der Waals surface area contributed by atoms with E-state index >= 15 is 0 Å². The molecule has 0 bridgehead atoms. The molecular weight excluding hydrogens is 380 g/mol. The standard InChI is InChI=1S/C24H24N2O4/c1-2-15-11-18-17(12-23(28)29-22(18)13-20(15)27)14-26-9-7-16(8-10-26)24-25-19-5-3-4-6-21(19)30-24/h3-6,11-13,16,27H,2,7-10,14H2,1H3. The number of oxazole rings is 1. The van der Waals surface area contributed by atoms with Crippen LogP contribution in [0, 0.1) is 0 Å². The molecule has 1 aliphatic rings. The Morgan fingerprint density at radius 1 is 1.07 bits per heavy atom. The quantitative estimate of drug-likeness (QED) is 0.502. The Balaban J connectivity index is 1.35. The summed E-state index contributed by atoms with van der Waals surface area (Å²) < 4.78 is 11.3. The van der Waals surface area contributed by atoms with E-state index in [9.17, 15) is 9.90 Å². The number of rotatable bonds is 4. The van der Waals surface area contributed by atoms with Gasteiger partial charge < -0.3 is 13.9 Å². The minimum atomic E-state index is -0.387. The van der Waals surface area contributed by atoms with E-state index in [1.54, 1.807) is 12.1 Å². The number of likely N-dealkylation sites (tertiary alicyclic amines) is 1. The SMILES string of the molecule is CCc1cc2c(CN3CCC(c4nc5ccccc5o4)CC3)cc(=O)oc2cc1O. The van der Waals surface area contributed by atoms with Crippen molar-refractivity contribution in [1.82, 2.24) is 9.88 Å². The smallest absolute Gasteiger partial charge is 0.336 e. The minimum Gasteiger partial charge on any atom is -0.508 e. The lowest BCUT2D eigenvalue weighted by atomic mass is 9.96. The largest absolute Gasteiger partial charge is 0.508 e. The molecule has 5 rings (SSSR count). The Bertz CT molecular complexity index is 1230. The second-order valence-corrected chi connectivity index (χ2v) is 7.99. The predicted molar refractivity (Wildman–Crippen MR) is 115 cm³/mol. The summed E-state index contributed by atoms with van der Waals surface area (Å²) in [6, 6.07) is 12.9. The molecule has 2 aromatic heterocycles. The zero-order valence-electron chi connectivity index (χ0n) is 16.9. The molecule has 0 saturated carbocycles. The fourth-order valence-electron chi connectivity index (χ4n) is 4.36. The fourth-order valence-corrected chi connectivity index (χ4v) is 4.36. The van der Waals surface area contributed by atoms with Crippen molar-refractivity contribution in [2.24, 2.45) is 0 Å². The molecule has 30 heavy (non-hydrogen) atoms. The molecule has 1 saturated heterocycles. The number of aromatic hydroxyl groups is 1. The van der Waals surface area contributed by atoms with E-state index in [1.807, 2.05) is 37.3 Å². The van der Waals surface area contributed by atoms with Gasteiger partial charge in [0.2, 0.25) is 0 Å². The molecule has 1 N–H and O–H groups in total. The predicted octanol–water partition coefficient (Wildman–Crippen LogP) is 4.58. The number of hydrogen-bond acceptors (Lipinski definition) is 6. The Labute approximate surface area is 173 Å². The molecule has 3 heterocycles. The van der Waals surface area contributed by atoms with Gasteiger partial charge in [-0.2, -0.15) is 0 Å². The van der Waals surface area contributed by atoms with E-state index in [2.05, 4.69) is 9.88 Å². The van der Waals surface area contributed by atoms with Gasteiger partial charge in [0.05, 0.1) is 0 Å². The van der Waals surface area contributed by atoms with E-state index in [-0.39, 0.29) is 11.4 Å². The monoisotopic (exact) mass is 404 g/mol. The Morgan fingerprint density at radius 2 is 1.87 bits per heavy atom. The lowest BCUT2D eigenvalue weighted by Crippen LogP contribution is -2.32. The van der Waals surface area contributed by atoms with Crippen molar-refractivity contribution >= 4 is 22.1 Å². The summed E-state index contributed by atoms with van der Waals surface area (Å²) in [7, 11) is 0. The van der Waals surface area contributed by atoms with Gasteiger partial charge in [0, 0.05) is 30.0 Å². The average molecular weight is 404 g/mol. The molecule has 2 aromatic carbocycles. The number of phenolic OH excluding ortho intramolecular Hbond substituents is 1. The molecule has 4 aromatic rings. The summed E-state index contributed by atoms with van der Waals surface area (Å²) in [5.74, 6) is 1.31. The van der Waals surface area contributed by atoms with Gasteiger partial charge in [-0.05, 0) is 61.7 Å². The molecule has 0 unspecified atom stereocenters. The zero-order chi connectivity index (χ0) is 20.7. The number of hydrogen-bond donors (Lipinski definition) is 1. The van der Waals surface area contributed by atoms with Gasteiger partial charge in [-0.15, -0.1) is 0 Å². The normalized spacial score (nSPS) is 15.9. The maximum absolute atomic E-state index is 12.0. The first-order chi connectivity index (χ1) is 14.6. The Hall–Kier alpha value is -3.12. The van der Waals surface area contributed by atoms with E-state index < -0.39 is 0 Å². The van der Waals surface area contributed by atoms with Crippen molar-refractivity contribution in [3.05, 3.63) is 69.9 Å². The van der Waals surface area contributed by atoms with Gasteiger partial charge in [0.1, 0.15) is 16.8 Å². The molecule has 6 heteroatoms. The van der Waals surface area contributed by atoms with Gasteiger partial charge >= 0.3 is 5.63 Å². The van der Waals surface area contributed by atoms with E-state index in [4.69, 9.17) is 8.83 Å². The summed E-state index contributed by atoms with van der Waals surface area (Å²) >= 11 is 0. The first-order valence-corrected chi connectivity index (χ1v) is 10.5. The third kappa shape index (κ3) is 3.48. The van der Waals surface area contributed by atoms with Crippen molar-refractivity contribution in [3.63, 3.8) is 0 Å². The van der Waals surface area contributed by atoms with Crippen LogP contribution < -0.4 is 5.63 Å². The van der Waals surface area contributed by atoms with Crippen molar-refractivity contribution in [1.29, 1.82) is 0 Å². The van der Waals surface area contributed by atoms with Crippen molar-refractivity contribution in [2.75, 3.05) is 13.1 Å². The van der Waals surface area contributed by atoms with Gasteiger partial charge in [-0.3, -0.25) is 4.90 Å². The highest BCUT2D eigenvalue weighted by molar-refractivity contribution is 5.82. The molecule has 1 aliphatic heterocycles. The lowest BCUT2D eigenvalue weighted by molar-refractivity contribution is 0.194. The van der Waals surface area contributed by atoms with Crippen LogP contribution in [-0.4, -0.2) is 28.1 Å². The molecule has 1 fully saturated rings. The molecule has 0 spiro atoms. The molecular formula is C24H24N2O4. The van der Waals surface area contributed by atoms with Crippen molar-refractivity contribution in [2.45, 2.75) is 38.6 Å². The molecule has 0 radical (unpaired) electrons. The van der Waals surface area contributed by atoms with Crippen LogP contribution in [-0.2, 0) is 13.0 Å². The molecule has 0 atom stereocenters. The van der Waals surface area contributed by atoms with Crippen molar-refractivity contribution in [3.8, 4) is 5.75 Å². The summed E-state index contributed by atoms with van der Waals surface area (Å²) in [4.78, 5) is 19.1. The lowest BCUT2D eigenvalue weighted by Gasteiger charge is -2.30. The Morgan fingerprint density at radius 3 is 2.63 bits per heavy atom. The van der Waals surface area contributed by atoms with Gasteiger partial charge in [0.15, 0.2) is 11.5 Å². The number of para-hydroxylation sites is 2. The van der Waals surface area contributed by atoms with E-state index in [1.165, 1.54) is 0 Å². The molecule has 154 valence electrons. The third-order valence-electron chi connectivity index (χ3n) is 6.05. The Kier molecular flexibility index (Phi) is 4.79. The molecule has 0 aliphatic carbocycles. The first-order valence-electron chi connectivity index (χ1n) is 10.5. The fraction of sp³-hybridized carbons (Fsp3) is 0.333. The van der Waals surface area contributed by atoms with Gasteiger partial charge in [0.25, 0.3) is 0 Å². The highest BCUT2D eigenvalue weighted by Gasteiger charge is 2.25. The number of nitrogens with zero attached hydrogens (tertiary/aromatic N) is 2. The second kappa shape index (κ2) is 7.61. The summed E-state index contributed by atoms with van der Waals surface area (Å²) in [6.07, 6.45) is 2.65. The van der Waals surface area contributed by atoms with E-state index in [0.29, 0.717) is 18.0 Å². The van der Waals surface area contributed by atoms with Gasteiger partial charge in [-0.25, -0.2) is 9.78 Å². The van der Waals surface area contributed by atoms with Crippen molar-refractivity contribution < 1.29 is 13.9 Å². The highest BCUT2D eigenvalue weighted by Crippen LogP contribution is 2.32. The maximum atomic E-state index is 12.0. The molecule has 0 amide bonds. The number of fused-ring (bicyclic) bond motifs is 2. The summed E-state index contributed by atoms with van der Waals surface area (Å²) in [6.45, 7) is 4.49. The van der Waals surface area contributed by atoms with Crippen LogP contribution in [0.15, 0.2) is 56.1 Å². The summed E-state index contributed by atoms with van der Waals surface area (Å²) in [5, 5.41) is 11.0. The van der Waals surface area contributed by atoms with Crippen LogP contribution in [0.5, 0.6) is 5.75 Å². The number of aryl methyl sites for hydroxylation is 1. The number of benzene rings is 2. The van der Waals surface area contributed by atoms with Gasteiger partial charge in [-0.1, -0.05) is 19.1 Å². The average Bonchev–Trinajstić information content (AvgIpc) is 3.18.